The largest absolute Gasteiger partial charge is 0.342 e. The van der Waals surface area contributed by atoms with Crippen LogP contribution in [0.1, 0.15) is 30.9 Å². The van der Waals surface area contributed by atoms with Crippen LogP contribution >= 0.6 is 0 Å². The zero-order valence-electron chi connectivity index (χ0n) is 11.9. The van der Waals surface area contributed by atoms with E-state index < -0.39 is 0 Å². The van der Waals surface area contributed by atoms with Gasteiger partial charge in [0.2, 0.25) is 5.91 Å². The Hall–Kier alpha value is -2.24. The Bertz CT molecular complexity index is 569. The molecule has 0 radical (unpaired) electrons. The fourth-order valence-corrected chi connectivity index (χ4v) is 2.77. The third-order valence-corrected chi connectivity index (χ3v) is 3.92. The normalized spacial score (nSPS) is 18.7. The highest BCUT2D eigenvalue weighted by atomic mass is 16.2. The van der Waals surface area contributed by atoms with Crippen LogP contribution < -0.4 is 0 Å². The number of aromatic nitrogens is 4. The number of carbonyl (C=O) groups is 1. The van der Waals surface area contributed by atoms with Crippen molar-refractivity contribution in [3.8, 4) is 0 Å². The summed E-state index contributed by atoms with van der Waals surface area (Å²) in [5, 5.41) is 0. The first-order valence-electron chi connectivity index (χ1n) is 7.32. The fraction of sp³-hybridized carbons (Fsp3) is 0.467. The van der Waals surface area contributed by atoms with Crippen molar-refractivity contribution in [1.82, 2.24) is 24.4 Å². The molecule has 0 saturated carbocycles. The number of rotatable bonds is 4. The molecule has 1 saturated heterocycles. The van der Waals surface area contributed by atoms with Crippen LogP contribution in [0, 0.1) is 0 Å². The summed E-state index contributed by atoms with van der Waals surface area (Å²) in [6, 6.07) is 0. The molecule has 0 aliphatic carbocycles. The number of piperidine rings is 1. The molecule has 6 nitrogen and oxygen atoms in total. The summed E-state index contributed by atoms with van der Waals surface area (Å²) in [5.41, 5.74) is 0.990. The fourth-order valence-electron chi connectivity index (χ4n) is 2.77. The molecule has 3 rings (SSSR count). The first-order valence-corrected chi connectivity index (χ1v) is 7.32. The molecule has 6 heteroatoms. The molecule has 1 aliphatic heterocycles. The van der Waals surface area contributed by atoms with Crippen molar-refractivity contribution in [1.29, 1.82) is 0 Å². The van der Waals surface area contributed by atoms with Crippen molar-refractivity contribution in [2.24, 2.45) is 0 Å². The molecule has 0 spiro atoms. The second-order valence-electron chi connectivity index (χ2n) is 5.36. The predicted molar refractivity (Wildman–Crippen MR) is 77.4 cm³/mol. The van der Waals surface area contributed by atoms with E-state index in [-0.39, 0.29) is 5.91 Å². The van der Waals surface area contributed by atoms with Gasteiger partial charge in [0.25, 0.3) is 0 Å². The van der Waals surface area contributed by atoms with Gasteiger partial charge in [0.05, 0.1) is 12.0 Å². The summed E-state index contributed by atoms with van der Waals surface area (Å²) in [7, 11) is 0. The lowest BCUT2D eigenvalue weighted by molar-refractivity contribution is -0.132. The third kappa shape index (κ3) is 3.45. The van der Waals surface area contributed by atoms with E-state index in [2.05, 4.69) is 15.0 Å². The monoisotopic (exact) mass is 285 g/mol. The minimum Gasteiger partial charge on any atom is -0.342 e. The van der Waals surface area contributed by atoms with Crippen LogP contribution in [0.4, 0.5) is 0 Å². The van der Waals surface area contributed by atoms with Crippen molar-refractivity contribution in [3.63, 3.8) is 0 Å². The molecule has 1 amide bonds. The van der Waals surface area contributed by atoms with Crippen LogP contribution in [0.25, 0.3) is 0 Å². The van der Waals surface area contributed by atoms with Gasteiger partial charge < -0.3 is 9.47 Å². The Kier molecular flexibility index (Phi) is 4.23. The van der Waals surface area contributed by atoms with Crippen LogP contribution in [-0.2, 0) is 11.3 Å². The molecule has 0 aromatic carbocycles. The van der Waals surface area contributed by atoms with Gasteiger partial charge in [-0.15, -0.1) is 0 Å². The Morgan fingerprint density at radius 1 is 1.29 bits per heavy atom. The molecule has 0 bridgehead atoms. The van der Waals surface area contributed by atoms with E-state index in [0.717, 1.165) is 31.6 Å². The number of aryl methyl sites for hydroxylation is 1. The second kappa shape index (κ2) is 6.47. The van der Waals surface area contributed by atoms with Crippen LogP contribution in [0.3, 0.4) is 0 Å². The van der Waals surface area contributed by atoms with Gasteiger partial charge in [-0.3, -0.25) is 14.8 Å². The topological polar surface area (TPSA) is 63.9 Å². The number of hydrogen-bond acceptors (Lipinski definition) is 4. The Morgan fingerprint density at radius 3 is 3.00 bits per heavy atom. The van der Waals surface area contributed by atoms with Gasteiger partial charge in [-0.05, 0) is 12.8 Å². The van der Waals surface area contributed by atoms with Crippen molar-refractivity contribution >= 4 is 5.91 Å². The standard InChI is InChI=1S/C15H19N5O/c21-15(3-8-19-9-6-17-12-19)20-7-1-2-13(11-20)14-10-16-4-5-18-14/h4-6,9-10,12-13H,1-3,7-8,11H2. The molecule has 1 unspecified atom stereocenters. The van der Waals surface area contributed by atoms with Crippen LogP contribution in [-0.4, -0.2) is 43.4 Å². The predicted octanol–water partition coefficient (Wildman–Crippen LogP) is 1.47. The zero-order chi connectivity index (χ0) is 14.5. The summed E-state index contributed by atoms with van der Waals surface area (Å²) in [6.45, 7) is 2.28. The van der Waals surface area contributed by atoms with Crippen molar-refractivity contribution in [2.45, 2.75) is 31.7 Å². The van der Waals surface area contributed by atoms with Crippen molar-refractivity contribution in [2.75, 3.05) is 13.1 Å². The number of hydrogen-bond donors (Lipinski definition) is 0. The van der Waals surface area contributed by atoms with Gasteiger partial charge in [-0.2, -0.15) is 0 Å². The molecule has 2 aromatic heterocycles. The number of nitrogens with zero attached hydrogens (tertiary/aromatic N) is 5. The quantitative estimate of drug-likeness (QED) is 0.853. The van der Waals surface area contributed by atoms with E-state index in [1.807, 2.05) is 21.9 Å². The summed E-state index contributed by atoms with van der Waals surface area (Å²) >= 11 is 0. The maximum Gasteiger partial charge on any atom is 0.224 e. The van der Waals surface area contributed by atoms with Gasteiger partial charge in [0, 0.05) is 63.0 Å². The molecular weight excluding hydrogens is 266 g/mol. The highest BCUT2D eigenvalue weighted by molar-refractivity contribution is 5.76. The second-order valence-corrected chi connectivity index (χ2v) is 5.36. The average molecular weight is 285 g/mol. The Labute approximate surface area is 123 Å². The van der Waals surface area contributed by atoms with Gasteiger partial charge in [0.1, 0.15) is 0 Å². The summed E-state index contributed by atoms with van der Waals surface area (Å²) < 4.78 is 1.93. The molecule has 1 aliphatic rings. The minimum atomic E-state index is 0.206. The average Bonchev–Trinajstić information content (AvgIpc) is 3.07. The maximum atomic E-state index is 12.3. The molecule has 110 valence electrons. The first-order chi connectivity index (χ1) is 10.3. The molecule has 3 heterocycles. The molecule has 0 N–H and O–H groups in total. The minimum absolute atomic E-state index is 0.206. The first kappa shape index (κ1) is 13.7. The highest BCUT2D eigenvalue weighted by Crippen LogP contribution is 2.25. The van der Waals surface area contributed by atoms with Crippen molar-refractivity contribution in [3.05, 3.63) is 43.0 Å². The molecular formula is C15H19N5O. The number of imidazole rings is 1. The molecule has 2 aromatic rings. The van der Waals surface area contributed by atoms with Crippen LogP contribution in [0.15, 0.2) is 37.3 Å². The van der Waals surface area contributed by atoms with E-state index >= 15 is 0 Å². The number of likely N-dealkylation sites (tertiary alicyclic amines) is 1. The Morgan fingerprint density at radius 2 is 2.24 bits per heavy atom. The Balaban J connectivity index is 1.56. The maximum absolute atomic E-state index is 12.3. The van der Waals surface area contributed by atoms with Gasteiger partial charge in [-0.1, -0.05) is 0 Å². The van der Waals surface area contributed by atoms with Crippen LogP contribution in [0.2, 0.25) is 0 Å². The highest BCUT2D eigenvalue weighted by Gasteiger charge is 2.25. The molecule has 1 atom stereocenters. The van der Waals surface area contributed by atoms with Crippen molar-refractivity contribution < 1.29 is 4.79 Å². The number of amides is 1. The lowest BCUT2D eigenvalue weighted by atomic mass is 9.95. The van der Waals surface area contributed by atoms with E-state index in [0.29, 0.717) is 18.9 Å². The van der Waals surface area contributed by atoms with Gasteiger partial charge >= 0.3 is 0 Å². The SMILES string of the molecule is O=C(CCn1ccnc1)N1CCCC(c2cnccn2)C1. The number of carbonyl (C=O) groups excluding carboxylic acids is 1. The smallest absolute Gasteiger partial charge is 0.224 e. The van der Waals surface area contributed by atoms with E-state index in [4.69, 9.17) is 0 Å². The lowest BCUT2D eigenvalue weighted by Crippen LogP contribution is -2.39. The zero-order valence-corrected chi connectivity index (χ0v) is 11.9. The van der Waals surface area contributed by atoms with Crippen LogP contribution in [0.5, 0.6) is 0 Å². The van der Waals surface area contributed by atoms with Gasteiger partial charge in [-0.25, -0.2) is 4.98 Å². The van der Waals surface area contributed by atoms with E-state index in [1.54, 1.807) is 24.9 Å². The summed E-state index contributed by atoms with van der Waals surface area (Å²) in [6.07, 6.45) is 13.2. The summed E-state index contributed by atoms with van der Waals surface area (Å²) in [4.78, 5) is 26.8. The molecule has 1 fully saturated rings. The lowest BCUT2D eigenvalue weighted by Gasteiger charge is -2.32. The third-order valence-electron chi connectivity index (χ3n) is 3.92. The van der Waals surface area contributed by atoms with E-state index in [1.165, 1.54) is 0 Å². The molecule has 21 heavy (non-hydrogen) atoms. The van der Waals surface area contributed by atoms with Gasteiger partial charge in [0.15, 0.2) is 0 Å². The van der Waals surface area contributed by atoms with E-state index in [9.17, 15) is 4.79 Å². The summed E-state index contributed by atoms with van der Waals surface area (Å²) in [5.74, 6) is 0.516.